The number of thiazole rings is 1. The number of carbonyl (C=O) groups is 1. The fourth-order valence-electron chi connectivity index (χ4n) is 2.36. The molecule has 2 amide bonds. The minimum Gasteiger partial charge on any atom is -0.388 e. The van der Waals surface area contributed by atoms with Crippen molar-refractivity contribution in [3.63, 3.8) is 0 Å². The van der Waals surface area contributed by atoms with Crippen LogP contribution >= 0.6 is 11.3 Å². The summed E-state index contributed by atoms with van der Waals surface area (Å²) in [5, 5.41) is 18.7. The molecule has 2 rings (SSSR count). The molecule has 0 unspecified atom stereocenters. The highest BCUT2D eigenvalue weighted by atomic mass is 32.1. The number of carbonyl (C=O) groups excluding carboxylic acids is 1. The van der Waals surface area contributed by atoms with Gasteiger partial charge in [0.1, 0.15) is 0 Å². The zero-order valence-electron chi connectivity index (χ0n) is 12.1. The molecule has 0 spiro atoms. The van der Waals surface area contributed by atoms with Gasteiger partial charge in [0, 0.05) is 17.8 Å². The number of urea groups is 1. The number of hydrogen-bond acceptors (Lipinski definition) is 4. The van der Waals surface area contributed by atoms with Crippen LogP contribution in [0.3, 0.4) is 0 Å². The first-order chi connectivity index (χ1) is 9.48. The summed E-state index contributed by atoms with van der Waals surface area (Å²) in [4.78, 5) is 16.2. The zero-order chi connectivity index (χ0) is 14.6. The van der Waals surface area contributed by atoms with Crippen LogP contribution in [0.1, 0.15) is 56.2 Å². The van der Waals surface area contributed by atoms with Gasteiger partial charge >= 0.3 is 6.03 Å². The third-order valence-electron chi connectivity index (χ3n) is 3.61. The van der Waals surface area contributed by atoms with E-state index < -0.39 is 5.60 Å². The van der Waals surface area contributed by atoms with Crippen molar-refractivity contribution in [1.82, 2.24) is 15.6 Å². The van der Waals surface area contributed by atoms with Gasteiger partial charge in [-0.3, -0.25) is 0 Å². The summed E-state index contributed by atoms with van der Waals surface area (Å²) in [7, 11) is 0. The van der Waals surface area contributed by atoms with Crippen LogP contribution in [-0.2, 0) is 6.54 Å². The first kappa shape index (κ1) is 15.3. The molecule has 1 heterocycles. The molecule has 1 aromatic heterocycles. The lowest BCUT2D eigenvalue weighted by Crippen LogP contribution is -2.44. The Hall–Kier alpha value is -1.14. The highest BCUT2D eigenvalue weighted by Gasteiger charge is 2.31. The number of rotatable bonds is 5. The lowest BCUT2D eigenvalue weighted by Gasteiger charge is -2.22. The Labute approximate surface area is 123 Å². The van der Waals surface area contributed by atoms with Crippen molar-refractivity contribution >= 4 is 17.4 Å². The second kappa shape index (κ2) is 6.54. The third kappa shape index (κ3) is 4.18. The van der Waals surface area contributed by atoms with Gasteiger partial charge in [-0.1, -0.05) is 26.7 Å². The minimum absolute atomic E-state index is 0.246. The summed E-state index contributed by atoms with van der Waals surface area (Å²) in [6.45, 7) is 4.96. The van der Waals surface area contributed by atoms with Gasteiger partial charge in [0.15, 0.2) is 0 Å². The highest BCUT2D eigenvalue weighted by Crippen LogP contribution is 2.28. The highest BCUT2D eigenvalue weighted by molar-refractivity contribution is 7.09. The quantitative estimate of drug-likeness (QED) is 0.781. The van der Waals surface area contributed by atoms with Crippen LogP contribution in [0.25, 0.3) is 0 Å². The number of hydrogen-bond donors (Lipinski definition) is 3. The predicted octanol–water partition coefficient (Wildman–Crippen LogP) is 2.37. The maximum absolute atomic E-state index is 11.7. The van der Waals surface area contributed by atoms with Crippen LogP contribution in [0.15, 0.2) is 5.38 Å². The largest absolute Gasteiger partial charge is 0.388 e. The number of aliphatic hydroxyl groups is 1. The van der Waals surface area contributed by atoms with Crippen LogP contribution in [0.5, 0.6) is 0 Å². The third-order valence-corrected chi connectivity index (χ3v) is 4.80. The predicted molar refractivity (Wildman–Crippen MR) is 79.9 cm³/mol. The molecule has 0 aromatic carbocycles. The van der Waals surface area contributed by atoms with Crippen LogP contribution in [0.4, 0.5) is 4.79 Å². The second-order valence-corrected chi connectivity index (χ2v) is 6.69. The minimum atomic E-state index is -0.706. The van der Waals surface area contributed by atoms with Gasteiger partial charge in [-0.05, 0) is 12.8 Å². The zero-order valence-corrected chi connectivity index (χ0v) is 12.9. The normalized spacial score (nSPS) is 17.4. The maximum atomic E-state index is 11.7. The molecular formula is C14H23N3O2S. The van der Waals surface area contributed by atoms with Crippen molar-refractivity contribution in [3.05, 3.63) is 16.1 Å². The number of aromatic nitrogens is 1. The molecule has 1 aromatic rings. The SMILES string of the molecule is CC(C)c1nc(CNC(=O)NCC2(O)CCCC2)cs1. The van der Waals surface area contributed by atoms with E-state index in [1.165, 1.54) is 0 Å². The van der Waals surface area contributed by atoms with Crippen molar-refractivity contribution in [1.29, 1.82) is 0 Å². The molecule has 3 N–H and O–H groups in total. The van der Waals surface area contributed by atoms with E-state index in [9.17, 15) is 9.90 Å². The van der Waals surface area contributed by atoms with E-state index in [4.69, 9.17) is 0 Å². The van der Waals surface area contributed by atoms with Crippen molar-refractivity contribution in [2.24, 2.45) is 0 Å². The monoisotopic (exact) mass is 297 g/mol. The fourth-order valence-corrected chi connectivity index (χ4v) is 3.19. The van der Waals surface area contributed by atoms with Crippen molar-refractivity contribution < 1.29 is 9.90 Å². The van der Waals surface area contributed by atoms with Crippen LogP contribution in [-0.4, -0.2) is 28.3 Å². The number of nitrogens with one attached hydrogen (secondary N) is 2. The molecule has 6 heteroatoms. The smallest absolute Gasteiger partial charge is 0.315 e. The van der Waals surface area contributed by atoms with Crippen molar-refractivity contribution in [3.8, 4) is 0 Å². The molecule has 112 valence electrons. The van der Waals surface area contributed by atoms with Crippen LogP contribution < -0.4 is 10.6 Å². The standard InChI is InChI=1S/C14H23N3O2S/c1-10(2)12-17-11(8-20-12)7-15-13(18)16-9-14(19)5-3-4-6-14/h8,10,19H,3-7,9H2,1-2H3,(H2,15,16,18). The molecule has 20 heavy (non-hydrogen) atoms. The maximum Gasteiger partial charge on any atom is 0.315 e. The second-order valence-electron chi connectivity index (χ2n) is 5.80. The van der Waals surface area contributed by atoms with E-state index in [-0.39, 0.29) is 6.03 Å². The Morgan fingerprint density at radius 1 is 1.45 bits per heavy atom. The van der Waals surface area contributed by atoms with Gasteiger partial charge in [-0.25, -0.2) is 9.78 Å². The Morgan fingerprint density at radius 3 is 2.75 bits per heavy atom. The molecule has 0 radical (unpaired) electrons. The lowest BCUT2D eigenvalue weighted by molar-refractivity contribution is 0.0501. The summed E-state index contributed by atoms with van der Waals surface area (Å²) >= 11 is 1.62. The summed E-state index contributed by atoms with van der Waals surface area (Å²) in [5.74, 6) is 0.416. The summed E-state index contributed by atoms with van der Waals surface area (Å²) in [6.07, 6.45) is 3.63. The topological polar surface area (TPSA) is 74.2 Å². The molecule has 0 saturated heterocycles. The summed E-state index contributed by atoms with van der Waals surface area (Å²) in [6, 6.07) is -0.246. The van der Waals surface area contributed by atoms with Crippen molar-refractivity contribution in [2.75, 3.05) is 6.54 Å². The summed E-state index contributed by atoms with van der Waals surface area (Å²) < 4.78 is 0. The first-order valence-electron chi connectivity index (χ1n) is 7.17. The van der Waals surface area contributed by atoms with Crippen molar-refractivity contribution in [2.45, 2.75) is 57.6 Å². The van der Waals surface area contributed by atoms with Gasteiger partial charge in [-0.2, -0.15) is 0 Å². The average molecular weight is 297 g/mol. The van der Waals surface area contributed by atoms with E-state index in [0.29, 0.717) is 19.0 Å². The molecule has 1 aliphatic rings. The van der Waals surface area contributed by atoms with E-state index in [1.807, 2.05) is 5.38 Å². The molecule has 1 saturated carbocycles. The van der Waals surface area contributed by atoms with E-state index >= 15 is 0 Å². The van der Waals surface area contributed by atoms with E-state index in [0.717, 1.165) is 36.4 Å². The number of nitrogens with zero attached hydrogens (tertiary/aromatic N) is 1. The molecule has 0 aliphatic heterocycles. The van der Waals surface area contributed by atoms with Gasteiger partial charge in [-0.15, -0.1) is 11.3 Å². The van der Waals surface area contributed by atoms with E-state index in [2.05, 4.69) is 29.5 Å². The molecular weight excluding hydrogens is 274 g/mol. The Bertz CT molecular complexity index is 453. The fraction of sp³-hybridized carbons (Fsp3) is 0.714. The lowest BCUT2D eigenvalue weighted by atomic mass is 10.0. The molecule has 1 aliphatic carbocycles. The Morgan fingerprint density at radius 2 is 2.15 bits per heavy atom. The van der Waals surface area contributed by atoms with Crippen LogP contribution in [0, 0.1) is 0 Å². The number of amides is 2. The molecule has 0 atom stereocenters. The van der Waals surface area contributed by atoms with Gasteiger partial charge in [0.05, 0.1) is 22.8 Å². The first-order valence-corrected chi connectivity index (χ1v) is 8.05. The average Bonchev–Trinajstić information content (AvgIpc) is 3.03. The van der Waals surface area contributed by atoms with E-state index in [1.54, 1.807) is 11.3 Å². The van der Waals surface area contributed by atoms with Gasteiger partial charge in [0.25, 0.3) is 0 Å². The van der Waals surface area contributed by atoms with Crippen LogP contribution in [0.2, 0.25) is 0 Å². The Kier molecular flexibility index (Phi) is 4.99. The molecule has 1 fully saturated rings. The molecule has 0 bridgehead atoms. The molecule has 5 nitrogen and oxygen atoms in total. The summed E-state index contributed by atoms with van der Waals surface area (Å²) in [5.41, 5.74) is 0.177. The van der Waals surface area contributed by atoms with Gasteiger partial charge in [0.2, 0.25) is 0 Å². The van der Waals surface area contributed by atoms with Gasteiger partial charge < -0.3 is 15.7 Å². The Balaban J connectivity index is 1.71.